The van der Waals surface area contributed by atoms with E-state index in [-0.39, 0.29) is 0 Å². The number of aromatic nitrogens is 2. The van der Waals surface area contributed by atoms with Crippen LogP contribution in [0.1, 0.15) is 67.2 Å². The molecule has 0 bridgehead atoms. The Labute approximate surface area is 163 Å². The van der Waals surface area contributed by atoms with Crippen LogP contribution in [-0.4, -0.2) is 46.4 Å². The molecule has 2 atom stereocenters. The average Bonchev–Trinajstić information content (AvgIpc) is 2.72. The number of nitrogens with zero attached hydrogens (tertiary/aromatic N) is 4. The molecule has 0 spiro atoms. The molecule has 4 heteroatoms. The van der Waals surface area contributed by atoms with Crippen molar-refractivity contribution in [2.75, 3.05) is 26.7 Å². The summed E-state index contributed by atoms with van der Waals surface area (Å²) in [4.78, 5) is 14.8. The Bertz CT molecular complexity index is 745. The molecule has 144 valence electrons. The van der Waals surface area contributed by atoms with Crippen LogP contribution in [0.5, 0.6) is 0 Å². The highest BCUT2D eigenvalue weighted by Crippen LogP contribution is 2.31. The summed E-state index contributed by atoms with van der Waals surface area (Å²) in [7, 11) is 2.17. The monoisotopic (exact) mass is 364 g/mol. The van der Waals surface area contributed by atoms with Crippen LogP contribution in [0, 0.1) is 0 Å². The molecule has 0 saturated carbocycles. The van der Waals surface area contributed by atoms with E-state index in [2.05, 4.69) is 60.3 Å². The maximum absolute atomic E-state index is 5.03. The Morgan fingerprint density at radius 1 is 1.15 bits per heavy atom. The second-order valence-corrected chi connectivity index (χ2v) is 8.34. The fourth-order valence-corrected chi connectivity index (χ4v) is 4.49. The molecule has 1 aromatic carbocycles. The van der Waals surface area contributed by atoms with Crippen molar-refractivity contribution in [2.24, 2.45) is 0 Å². The largest absolute Gasteiger partial charge is 0.302 e. The lowest BCUT2D eigenvalue weighted by molar-refractivity contribution is 0.137. The second-order valence-electron chi connectivity index (χ2n) is 8.34. The topological polar surface area (TPSA) is 32.3 Å². The first-order valence-electron chi connectivity index (χ1n) is 10.5. The molecular formula is C23H32N4. The minimum absolute atomic E-state index is 0.395. The third-order valence-corrected chi connectivity index (χ3v) is 6.27. The van der Waals surface area contributed by atoms with Gasteiger partial charge in [-0.25, -0.2) is 9.97 Å². The van der Waals surface area contributed by atoms with Gasteiger partial charge in [-0.1, -0.05) is 43.7 Å². The second kappa shape index (κ2) is 8.49. The Hall–Kier alpha value is -1.78. The van der Waals surface area contributed by atoms with Gasteiger partial charge in [-0.15, -0.1) is 0 Å². The number of hydrogen-bond acceptors (Lipinski definition) is 4. The first-order chi connectivity index (χ1) is 13.2. The third kappa shape index (κ3) is 4.39. The maximum atomic E-state index is 5.03. The lowest BCUT2D eigenvalue weighted by Gasteiger charge is -2.36. The number of likely N-dealkylation sites (N-methyl/N-ethyl adjacent to an activating group) is 1. The van der Waals surface area contributed by atoms with Crippen LogP contribution < -0.4 is 0 Å². The lowest BCUT2D eigenvalue weighted by Crippen LogP contribution is -2.36. The van der Waals surface area contributed by atoms with Gasteiger partial charge in [0.15, 0.2) is 0 Å². The summed E-state index contributed by atoms with van der Waals surface area (Å²) in [5.74, 6) is 1.65. The van der Waals surface area contributed by atoms with Crippen LogP contribution in [0.4, 0.5) is 0 Å². The van der Waals surface area contributed by atoms with Gasteiger partial charge in [0.1, 0.15) is 5.82 Å². The molecule has 27 heavy (non-hydrogen) atoms. The van der Waals surface area contributed by atoms with E-state index in [1.165, 1.54) is 49.0 Å². The van der Waals surface area contributed by atoms with E-state index >= 15 is 0 Å². The molecule has 0 unspecified atom stereocenters. The standard InChI is InChI=1S/C23H32N4/c1-18(19-8-4-3-5-9-19)11-15-27-13-7-6-10-22(27)23-24-16-20-17-26(2)14-12-21(20)25-23/h3-5,8-9,16,18,22H,6-7,10-15,17H2,1-2H3/t18-,22-/m0/s1. The van der Waals surface area contributed by atoms with Crippen LogP contribution in [0.25, 0.3) is 0 Å². The minimum atomic E-state index is 0.395. The number of hydrogen-bond donors (Lipinski definition) is 0. The van der Waals surface area contributed by atoms with E-state index in [0.717, 1.165) is 31.9 Å². The van der Waals surface area contributed by atoms with E-state index in [4.69, 9.17) is 9.97 Å². The van der Waals surface area contributed by atoms with Crippen molar-refractivity contribution in [1.82, 2.24) is 19.8 Å². The fraction of sp³-hybridized carbons (Fsp3) is 0.565. The molecule has 0 amide bonds. The van der Waals surface area contributed by atoms with E-state index in [1.54, 1.807) is 0 Å². The van der Waals surface area contributed by atoms with Crippen LogP contribution in [-0.2, 0) is 13.0 Å². The van der Waals surface area contributed by atoms with Crippen molar-refractivity contribution in [3.63, 3.8) is 0 Å². The molecule has 1 saturated heterocycles. The molecule has 0 N–H and O–H groups in total. The highest BCUT2D eigenvalue weighted by Gasteiger charge is 2.27. The number of benzene rings is 1. The van der Waals surface area contributed by atoms with Gasteiger partial charge in [-0.2, -0.15) is 0 Å². The van der Waals surface area contributed by atoms with Crippen molar-refractivity contribution in [1.29, 1.82) is 0 Å². The van der Waals surface area contributed by atoms with Gasteiger partial charge in [0, 0.05) is 37.0 Å². The van der Waals surface area contributed by atoms with Crippen LogP contribution in [0.3, 0.4) is 0 Å². The minimum Gasteiger partial charge on any atom is -0.302 e. The van der Waals surface area contributed by atoms with Crippen LogP contribution in [0.15, 0.2) is 36.5 Å². The number of rotatable bonds is 5. The highest BCUT2D eigenvalue weighted by atomic mass is 15.2. The summed E-state index contributed by atoms with van der Waals surface area (Å²) in [5.41, 5.74) is 4.04. The number of piperidine rings is 1. The van der Waals surface area contributed by atoms with Crippen molar-refractivity contribution in [2.45, 2.75) is 57.5 Å². The van der Waals surface area contributed by atoms with Crippen molar-refractivity contribution >= 4 is 0 Å². The zero-order valence-corrected chi connectivity index (χ0v) is 16.8. The number of likely N-dealkylation sites (tertiary alicyclic amines) is 1. The summed E-state index contributed by atoms with van der Waals surface area (Å²) in [6, 6.07) is 11.3. The zero-order valence-electron chi connectivity index (χ0n) is 16.8. The predicted molar refractivity (Wildman–Crippen MR) is 110 cm³/mol. The van der Waals surface area contributed by atoms with Gasteiger partial charge in [0.05, 0.1) is 6.04 Å². The molecule has 1 aromatic heterocycles. The van der Waals surface area contributed by atoms with Crippen LogP contribution in [0.2, 0.25) is 0 Å². The molecular weight excluding hydrogens is 332 g/mol. The quantitative estimate of drug-likeness (QED) is 0.796. The summed E-state index contributed by atoms with van der Waals surface area (Å²) < 4.78 is 0. The van der Waals surface area contributed by atoms with E-state index in [9.17, 15) is 0 Å². The molecule has 2 aliphatic heterocycles. The van der Waals surface area contributed by atoms with E-state index < -0.39 is 0 Å². The Balaban J connectivity index is 1.45. The zero-order chi connectivity index (χ0) is 18.6. The van der Waals surface area contributed by atoms with Gasteiger partial charge >= 0.3 is 0 Å². The molecule has 4 nitrogen and oxygen atoms in total. The van der Waals surface area contributed by atoms with E-state index in [1.807, 2.05) is 0 Å². The van der Waals surface area contributed by atoms with Crippen molar-refractivity contribution < 1.29 is 0 Å². The summed E-state index contributed by atoms with van der Waals surface area (Å²) >= 11 is 0. The van der Waals surface area contributed by atoms with Gasteiger partial charge in [0.25, 0.3) is 0 Å². The molecule has 2 aliphatic rings. The van der Waals surface area contributed by atoms with Crippen LogP contribution >= 0.6 is 0 Å². The smallest absolute Gasteiger partial charge is 0.145 e. The Morgan fingerprint density at radius 2 is 2.00 bits per heavy atom. The molecule has 1 fully saturated rings. The average molecular weight is 365 g/mol. The number of fused-ring (bicyclic) bond motifs is 1. The molecule has 0 aliphatic carbocycles. The fourth-order valence-electron chi connectivity index (χ4n) is 4.49. The van der Waals surface area contributed by atoms with Gasteiger partial charge in [0.2, 0.25) is 0 Å². The van der Waals surface area contributed by atoms with Gasteiger partial charge < -0.3 is 4.90 Å². The van der Waals surface area contributed by atoms with Gasteiger partial charge in [-0.3, -0.25) is 4.90 Å². The Morgan fingerprint density at radius 3 is 2.85 bits per heavy atom. The summed E-state index contributed by atoms with van der Waals surface area (Å²) in [6.07, 6.45) is 8.12. The van der Waals surface area contributed by atoms with E-state index in [0.29, 0.717) is 12.0 Å². The lowest BCUT2D eigenvalue weighted by atomic mass is 9.95. The van der Waals surface area contributed by atoms with Gasteiger partial charge in [-0.05, 0) is 50.9 Å². The molecule has 2 aromatic rings. The van der Waals surface area contributed by atoms with Crippen molar-refractivity contribution in [3.8, 4) is 0 Å². The van der Waals surface area contributed by atoms with Crippen molar-refractivity contribution in [3.05, 3.63) is 59.2 Å². The highest BCUT2D eigenvalue weighted by molar-refractivity contribution is 5.22. The Kier molecular flexibility index (Phi) is 5.84. The molecule has 0 radical (unpaired) electrons. The summed E-state index contributed by atoms with van der Waals surface area (Å²) in [5, 5.41) is 0. The first-order valence-corrected chi connectivity index (χ1v) is 10.5. The summed E-state index contributed by atoms with van der Waals surface area (Å²) in [6.45, 7) is 6.74. The SMILES string of the molecule is C[C@@H](CCN1CCCC[C@H]1c1ncc2c(n1)CCN(C)C2)c1ccccc1. The predicted octanol–water partition coefficient (Wildman–Crippen LogP) is 4.19. The molecule has 4 rings (SSSR count). The third-order valence-electron chi connectivity index (χ3n) is 6.27. The molecule has 3 heterocycles. The normalized spacial score (nSPS) is 22.4. The maximum Gasteiger partial charge on any atom is 0.145 e. The first kappa shape index (κ1) is 18.6.